The molecule has 1 unspecified atom stereocenters. The molecule has 0 bridgehead atoms. The van der Waals surface area contributed by atoms with Crippen LogP contribution in [0.25, 0.3) is 22.2 Å². The molecule has 2 aliphatic rings. The number of ether oxygens (including phenoxy) is 1. The standard InChI is InChI=1S/C28H35N3O2S.C3H9N.C2H5N.C2H4/c1-30(2)34(4)29-28(32)21-12-14-24-25(18-21)31-16-8-11-20-17-22(33-3)13-15-23(20)27(31)26(24)19-9-6-5-7-10-19;1-3-4-2;1-2-3;1-2/h12-15,17-19H,4-11,16H2,1-3H3,(H,29,32);4H,3H2,1-2H3;2H,1,3H2;1-2H2. The molecule has 1 atom stereocenters. The number of carbonyl (C=O) groups excluding carboxylic acids is 1. The molecule has 1 fully saturated rings. The number of methoxy groups -OCH3 is 1. The Labute approximate surface area is 262 Å². The second kappa shape index (κ2) is 18.4. The van der Waals surface area contributed by atoms with E-state index in [4.69, 9.17) is 4.74 Å². The van der Waals surface area contributed by atoms with Crippen molar-refractivity contribution in [3.8, 4) is 17.0 Å². The lowest BCUT2D eigenvalue weighted by Gasteiger charge is -2.24. The second-order valence-corrected chi connectivity index (χ2v) is 12.3. The monoisotopic (exact) mass is 607 g/mol. The summed E-state index contributed by atoms with van der Waals surface area (Å²) in [6, 6.07) is 12.8. The van der Waals surface area contributed by atoms with E-state index in [-0.39, 0.29) is 5.91 Å². The summed E-state index contributed by atoms with van der Waals surface area (Å²) >= 11 is 0. The number of hydrogen-bond acceptors (Lipinski definition) is 5. The summed E-state index contributed by atoms with van der Waals surface area (Å²) in [5.74, 6) is 5.48. The van der Waals surface area contributed by atoms with Crippen molar-refractivity contribution in [3.63, 3.8) is 0 Å². The summed E-state index contributed by atoms with van der Waals surface area (Å²) in [5.41, 5.74) is 12.0. The van der Waals surface area contributed by atoms with Gasteiger partial charge in [0.05, 0.1) is 12.8 Å². The lowest BCUT2D eigenvalue weighted by Crippen LogP contribution is -2.23. The predicted octanol–water partition coefficient (Wildman–Crippen LogP) is 7.25. The molecular formula is C35H53N5O2S. The van der Waals surface area contributed by atoms with Gasteiger partial charge in [0.2, 0.25) is 0 Å². The number of amides is 1. The molecule has 7 nitrogen and oxygen atoms in total. The Morgan fingerprint density at radius 1 is 1.14 bits per heavy atom. The minimum absolute atomic E-state index is 0.0672. The van der Waals surface area contributed by atoms with Gasteiger partial charge in [0, 0.05) is 28.6 Å². The molecule has 5 rings (SSSR count). The molecule has 0 spiro atoms. The van der Waals surface area contributed by atoms with Crippen LogP contribution in [0.1, 0.15) is 72.9 Å². The number of fused-ring (bicyclic) bond motifs is 5. The molecule has 2 heterocycles. The van der Waals surface area contributed by atoms with E-state index < -0.39 is 10.9 Å². The summed E-state index contributed by atoms with van der Waals surface area (Å²) in [7, 11) is 6.96. The highest BCUT2D eigenvalue weighted by Gasteiger charge is 2.29. The topological polar surface area (TPSA) is 84.5 Å². The van der Waals surface area contributed by atoms with Crippen molar-refractivity contribution in [1.29, 1.82) is 0 Å². The highest BCUT2D eigenvalue weighted by Crippen LogP contribution is 2.46. The smallest absolute Gasteiger partial charge is 0.261 e. The zero-order valence-electron chi connectivity index (χ0n) is 27.0. The van der Waals surface area contributed by atoms with Crippen LogP contribution < -0.4 is 20.5 Å². The van der Waals surface area contributed by atoms with Crippen molar-refractivity contribution in [2.75, 3.05) is 34.8 Å². The number of nitrogens with zero attached hydrogens (tertiary/aromatic N) is 2. The van der Waals surface area contributed by atoms with Gasteiger partial charge in [0.1, 0.15) is 5.75 Å². The van der Waals surface area contributed by atoms with E-state index >= 15 is 0 Å². The molecule has 2 aromatic carbocycles. The van der Waals surface area contributed by atoms with Gasteiger partial charge in [-0.3, -0.25) is 9.52 Å². The van der Waals surface area contributed by atoms with Crippen LogP contribution in [0.4, 0.5) is 0 Å². The van der Waals surface area contributed by atoms with E-state index in [1.807, 2.05) is 31.5 Å². The average molecular weight is 608 g/mol. The van der Waals surface area contributed by atoms with E-state index in [0.717, 1.165) is 31.7 Å². The third-order valence-electron chi connectivity index (χ3n) is 7.78. The van der Waals surface area contributed by atoms with Crippen LogP contribution in [0.15, 0.2) is 62.3 Å². The van der Waals surface area contributed by atoms with Crippen LogP contribution in [0.2, 0.25) is 0 Å². The molecular weight excluding hydrogens is 554 g/mol. The molecule has 0 saturated heterocycles. The molecule has 1 aromatic heterocycles. The number of carbonyl (C=O) groups is 1. The highest BCUT2D eigenvalue weighted by atomic mass is 32.2. The number of hydrogen-bond donors (Lipinski definition) is 3. The second-order valence-electron chi connectivity index (χ2n) is 10.7. The summed E-state index contributed by atoms with van der Waals surface area (Å²) < 4.78 is 13.0. The molecule has 1 aliphatic heterocycles. The predicted molar refractivity (Wildman–Crippen MR) is 189 cm³/mol. The number of aryl methyl sites for hydroxylation is 2. The lowest BCUT2D eigenvalue weighted by atomic mass is 9.81. The number of benzene rings is 2. The molecule has 4 N–H and O–H groups in total. The number of aromatic nitrogens is 1. The van der Waals surface area contributed by atoms with Crippen molar-refractivity contribution < 1.29 is 9.53 Å². The van der Waals surface area contributed by atoms with Gasteiger partial charge in [-0.05, 0) is 124 Å². The van der Waals surface area contributed by atoms with Gasteiger partial charge < -0.3 is 20.4 Å². The fraction of sp³-hybridized carbons (Fsp3) is 0.429. The van der Waals surface area contributed by atoms with Crippen LogP contribution in [0.3, 0.4) is 0 Å². The van der Waals surface area contributed by atoms with Gasteiger partial charge >= 0.3 is 0 Å². The SMILES string of the molecule is C=C.C=CN.C=S(NC(=O)c1ccc2c(C3CCCCC3)c3n(c2c1)CCCc1cc(OC)ccc1-3)N(C)C.CCNC. The number of rotatable bonds is 6. The normalized spacial score (nSPS) is 14.7. The minimum Gasteiger partial charge on any atom is -0.497 e. The third kappa shape index (κ3) is 9.08. The van der Waals surface area contributed by atoms with Gasteiger partial charge in [-0.2, -0.15) is 0 Å². The molecule has 1 aliphatic carbocycles. The summed E-state index contributed by atoms with van der Waals surface area (Å²) in [6.45, 7) is 13.2. The highest BCUT2D eigenvalue weighted by molar-refractivity contribution is 8.10. The van der Waals surface area contributed by atoms with Crippen molar-refractivity contribution in [3.05, 3.63) is 79.0 Å². The van der Waals surface area contributed by atoms with E-state index in [1.54, 1.807) is 7.11 Å². The van der Waals surface area contributed by atoms with Gasteiger partial charge in [-0.1, -0.05) is 38.8 Å². The lowest BCUT2D eigenvalue weighted by molar-refractivity contribution is 0.0983. The van der Waals surface area contributed by atoms with Crippen LogP contribution in [-0.2, 0) is 13.0 Å². The summed E-state index contributed by atoms with van der Waals surface area (Å²) in [4.78, 5) is 13.0. The van der Waals surface area contributed by atoms with Crippen LogP contribution >= 0.6 is 10.9 Å². The van der Waals surface area contributed by atoms with Crippen LogP contribution in [-0.4, -0.2) is 55.4 Å². The summed E-state index contributed by atoms with van der Waals surface area (Å²) in [5, 5.41) is 4.24. The molecule has 0 radical (unpaired) electrons. The van der Waals surface area contributed by atoms with Gasteiger partial charge in [-0.25, -0.2) is 4.31 Å². The van der Waals surface area contributed by atoms with E-state index in [1.165, 1.54) is 71.6 Å². The fourth-order valence-electron chi connectivity index (χ4n) is 5.66. The van der Waals surface area contributed by atoms with Crippen LogP contribution in [0.5, 0.6) is 5.75 Å². The minimum atomic E-state index is -0.557. The first-order valence-corrected chi connectivity index (χ1v) is 16.5. The third-order valence-corrected chi connectivity index (χ3v) is 9.08. The Morgan fingerprint density at radius 2 is 1.79 bits per heavy atom. The Morgan fingerprint density at radius 3 is 2.37 bits per heavy atom. The maximum absolute atomic E-state index is 13.0. The first-order chi connectivity index (χ1) is 20.8. The maximum Gasteiger partial charge on any atom is 0.261 e. The molecule has 8 heteroatoms. The quantitative estimate of drug-likeness (QED) is 0.203. The fourth-order valence-corrected chi connectivity index (χ4v) is 6.18. The van der Waals surface area contributed by atoms with Gasteiger partial charge in [0.15, 0.2) is 0 Å². The Kier molecular flexibility index (Phi) is 15.3. The first kappa shape index (κ1) is 35.9. The van der Waals surface area contributed by atoms with Crippen molar-refractivity contribution >= 4 is 33.5 Å². The van der Waals surface area contributed by atoms with E-state index in [0.29, 0.717) is 11.5 Å². The summed E-state index contributed by atoms with van der Waals surface area (Å²) in [6.07, 6.45) is 9.77. The Balaban J connectivity index is 0.000000641. The largest absolute Gasteiger partial charge is 0.497 e. The Hall–Kier alpha value is -3.33. The average Bonchev–Trinajstić information content (AvgIpc) is 3.23. The molecule has 1 amide bonds. The van der Waals surface area contributed by atoms with E-state index in [9.17, 15) is 4.79 Å². The number of nitrogens with two attached hydrogens (primary N) is 1. The number of nitrogens with one attached hydrogen (secondary N) is 2. The maximum atomic E-state index is 13.0. The first-order valence-electron chi connectivity index (χ1n) is 15.1. The van der Waals surface area contributed by atoms with Crippen molar-refractivity contribution in [2.45, 2.75) is 64.3 Å². The van der Waals surface area contributed by atoms with Gasteiger partial charge in [0.25, 0.3) is 5.91 Å². The molecule has 3 aromatic rings. The molecule has 1 saturated carbocycles. The van der Waals surface area contributed by atoms with Gasteiger partial charge in [-0.15, -0.1) is 13.2 Å². The zero-order chi connectivity index (χ0) is 31.9. The van der Waals surface area contributed by atoms with Crippen molar-refractivity contribution in [2.24, 2.45) is 5.73 Å². The Bertz CT molecular complexity index is 1360. The van der Waals surface area contributed by atoms with Crippen LogP contribution in [0, 0.1) is 0 Å². The zero-order valence-corrected chi connectivity index (χ0v) is 27.8. The molecule has 236 valence electrons. The van der Waals surface area contributed by atoms with E-state index in [2.05, 4.69) is 83.2 Å². The molecule has 43 heavy (non-hydrogen) atoms. The van der Waals surface area contributed by atoms with Crippen molar-refractivity contribution in [1.82, 2.24) is 18.9 Å².